The smallest absolute Gasteiger partial charge is 0.490 e. The van der Waals surface area contributed by atoms with Crippen molar-refractivity contribution in [2.75, 3.05) is 19.0 Å². The Kier molecular flexibility index (Phi) is 8.61. The van der Waals surface area contributed by atoms with E-state index in [0.29, 0.717) is 5.75 Å². The van der Waals surface area contributed by atoms with Gasteiger partial charge in [0.05, 0.1) is 0 Å². The standard InChI is InChI=1S/C22H28N2O4S/c1-2-3-4-5-6-7-12-29-21-23-13-18(14-24-21)17-8-10-19(11-9-17)26-15-20-16-27-22(25)28-20/h8-11,13-14,20H,2-7,12,15-16H2,1H3. The third-order valence-electron chi connectivity index (χ3n) is 4.63. The first kappa shape index (κ1) is 21.4. The molecule has 1 aromatic carbocycles. The molecule has 1 saturated heterocycles. The molecule has 0 aliphatic carbocycles. The Morgan fingerprint density at radius 2 is 1.76 bits per heavy atom. The van der Waals surface area contributed by atoms with Gasteiger partial charge in [-0.15, -0.1) is 0 Å². The molecule has 1 aliphatic rings. The average molecular weight is 417 g/mol. The van der Waals surface area contributed by atoms with E-state index in [9.17, 15) is 4.79 Å². The summed E-state index contributed by atoms with van der Waals surface area (Å²) in [5, 5.41) is 0.829. The summed E-state index contributed by atoms with van der Waals surface area (Å²) >= 11 is 1.72. The first-order valence-corrected chi connectivity index (χ1v) is 11.2. The summed E-state index contributed by atoms with van der Waals surface area (Å²) in [6, 6.07) is 7.70. The number of benzene rings is 1. The van der Waals surface area contributed by atoms with Crippen molar-refractivity contribution < 1.29 is 19.0 Å². The highest BCUT2D eigenvalue weighted by atomic mass is 32.2. The SMILES string of the molecule is CCCCCCCCSc1ncc(-c2ccc(OCC3COC(=O)O3)cc2)cn1. The van der Waals surface area contributed by atoms with Gasteiger partial charge in [0.15, 0.2) is 11.3 Å². The van der Waals surface area contributed by atoms with Crippen LogP contribution in [0, 0.1) is 0 Å². The van der Waals surface area contributed by atoms with Crippen molar-refractivity contribution in [3.8, 4) is 16.9 Å². The molecule has 1 fully saturated rings. The minimum atomic E-state index is -0.637. The van der Waals surface area contributed by atoms with Gasteiger partial charge in [-0.05, 0) is 24.1 Å². The van der Waals surface area contributed by atoms with Gasteiger partial charge in [-0.25, -0.2) is 14.8 Å². The summed E-state index contributed by atoms with van der Waals surface area (Å²) in [7, 11) is 0. The zero-order chi connectivity index (χ0) is 20.3. The third-order valence-corrected chi connectivity index (χ3v) is 5.59. The number of nitrogens with zero attached hydrogens (tertiary/aromatic N) is 2. The summed E-state index contributed by atoms with van der Waals surface area (Å²) in [6.07, 6.45) is 10.5. The van der Waals surface area contributed by atoms with Gasteiger partial charge >= 0.3 is 6.16 Å². The topological polar surface area (TPSA) is 70.5 Å². The monoisotopic (exact) mass is 416 g/mol. The van der Waals surface area contributed by atoms with E-state index in [0.717, 1.165) is 22.0 Å². The van der Waals surface area contributed by atoms with Gasteiger partial charge in [-0.2, -0.15) is 0 Å². The molecule has 0 saturated carbocycles. The summed E-state index contributed by atoms with van der Waals surface area (Å²) in [4.78, 5) is 19.9. The van der Waals surface area contributed by atoms with Gasteiger partial charge in [0.2, 0.25) is 0 Å². The highest BCUT2D eigenvalue weighted by Crippen LogP contribution is 2.23. The lowest BCUT2D eigenvalue weighted by Crippen LogP contribution is -2.19. The molecule has 6 nitrogen and oxygen atoms in total. The lowest BCUT2D eigenvalue weighted by Gasteiger charge is -2.10. The quantitative estimate of drug-likeness (QED) is 0.195. The first-order chi connectivity index (χ1) is 14.2. The van der Waals surface area contributed by atoms with Crippen LogP contribution >= 0.6 is 11.8 Å². The first-order valence-electron chi connectivity index (χ1n) is 10.3. The van der Waals surface area contributed by atoms with Crippen LogP contribution in [0.25, 0.3) is 11.1 Å². The van der Waals surface area contributed by atoms with E-state index in [1.54, 1.807) is 11.8 Å². The van der Waals surface area contributed by atoms with Crippen molar-refractivity contribution in [2.24, 2.45) is 0 Å². The number of hydrogen-bond acceptors (Lipinski definition) is 7. The van der Waals surface area contributed by atoms with E-state index in [2.05, 4.69) is 16.9 Å². The third kappa shape index (κ3) is 7.24. The Hall–Kier alpha value is -2.28. The Labute approximate surface area is 176 Å². The van der Waals surface area contributed by atoms with Crippen LogP contribution in [0.2, 0.25) is 0 Å². The molecule has 2 heterocycles. The molecule has 1 aromatic heterocycles. The fraction of sp³-hybridized carbons (Fsp3) is 0.500. The number of thioether (sulfide) groups is 1. The predicted molar refractivity (Wildman–Crippen MR) is 113 cm³/mol. The molecular formula is C22H28N2O4S. The van der Waals surface area contributed by atoms with Crippen LogP contribution in [-0.2, 0) is 9.47 Å². The lowest BCUT2D eigenvalue weighted by atomic mass is 10.1. The molecule has 1 atom stereocenters. The Bertz CT molecular complexity index is 752. The van der Waals surface area contributed by atoms with Gasteiger partial charge in [-0.3, -0.25) is 0 Å². The maximum Gasteiger partial charge on any atom is 0.508 e. The summed E-state index contributed by atoms with van der Waals surface area (Å²) < 4.78 is 15.3. The molecule has 1 aliphatic heterocycles. The number of aromatic nitrogens is 2. The summed E-state index contributed by atoms with van der Waals surface area (Å²) in [5.41, 5.74) is 2.00. The van der Waals surface area contributed by atoms with Crippen molar-refractivity contribution in [1.82, 2.24) is 9.97 Å². The van der Waals surface area contributed by atoms with E-state index in [1.807, 2.05) is 36.7 Å². The molecule has 0 N–H and O–H groups in total. The number of carbonyl (C=O) groups excluding carboxylic acids is 1. The number of rotatable bonds is 12. The van der Waals surface area contributed by atoms with E-state index < -0.39 is 6.16 Å². The van der Waals surface area contributed by atoms with Gasteiger partial charge in [-0.1, -0.05) is 62.9 Å². The Balaban J connectivity index is 1.40. The minimum absolute atomic E-state index is 0.234. The van der Waals surface area contributed by atoms with Gasteiger partial charge in [0.1, 0.15) is 19.0 Å². The average Bonchev–Trinajstić information content (AvgIpc) is 3.18. The zero-order valence-corrected chi connectivity index (χ0v) is 17.7. The normalized spacial score (nSPS) is 15.8. The number of ether oxygens (including phenoxy) is 3. The molecule has 29 heavy (non-hydrogen) atoms. The summed E-state index contributed by atoms with van der Waals surface area (Å²) in [5.74, 6) is 1.78. The van der Waals surface area contributed by atoms with Crippen LogP contribution in [-0.4, -0.2) is 41.2 Å². The largest absolute Gasteiger partial charge is 0.508 e. The summed E-state index contributed by atoms with van der Waals surface area (Å²) in [6.45, 7) is 2.75. The van der Waals surface area contributed by atoms with E-state index >= 15 is 0 Å². The van der Waals surface area contributed by atoms with Crippen LogP contribution in [0.5, 0.6) is 5.75 Å². The van der Waals surface area contributed by atoms with Crippen LogP contribution < -0.4 is 4.74 Å². The van der Waals surface area contributed by atoms with Crippen LogP contribution in [0.15, 0.2) is 41.8 Å². The fourth-order valence-corrected chi connectivity index (χ4v) is 3.75. The zero-order valence-electron chi connectivity index (χ0n) is 16.8. The number of unbranched alkanes of at least 4 members (excludes halogenated alkanes) is 5. The van der Waals surface area contributed by atoms with Gasteiger partial charge in [0.25, 0.3) is 0 Å². The van der Waals surface area contributed by atoms with E-state index in [-0.39, 0.29) is 19.3 Å². The molecule has 0 bridgehead atoms. The molecule has 0 radical (unpaired) electrons. The molecule has 3 rings (SSSR count). The second kappa shape index (κ2) is 11.7. The van der Waals surface area contributed by atoms with Gasteiger partial charge < -0.3 is 14.2 Å². The van der Waals surface area contributed by atoms with Crippen molar-refractivity contribution in [3.05, 3.63) is 36.7 Å². The molecule has 156 valence electrons. The molecule has 2 aromatic rings. The number of hydrogen-bond donors (Lipinski definition) is 0. The van der Waals surface area contributed by atoms with E-state index in [1.165, 1.54) is 38.5 Å². The molecular weight excluding hydrogens is 388 g/mol. The molecule has 0 spiro atoms. The van der Waals surface area contributed by atoms with Crippen molar-refractivity contribution in [1.29, 1.82) is 0 Å². The number of cyclic esters (lactones) is 2. The van der Waals surface area contributed by atoms with Gasteiger partial charge in [0, 0.05) is 23.7 Å². The highest BCUT2D eigenvalue weighted by molar-refractivity contribution is 7.99. The fourth-order valence-electron chi connectivity index (χ4n) is 2.97. The molecule has 1 unspecified atom stereocenters. The van der Waals surface area contributed by atoms with Crippen LogP contribution in [0.4, 0.5) is 4.79 Å². The highest BCUT2D eigenvalue weighted by Gasteiger charge is 2.25. The predicted octanol–water partition coefficient (Wildman–Crippen LogP) is 5.51. The van der Waals surface area contributed by atoms with Crippen molar-refractivity contribution in [2.45, 2.75) is 56.7 Å². The minimum Gasteiger partial charge on any atom is -0.490 e. The Morgan fingerprint density at radius 1 is 1.03 bits per heavy atom. The van der Waals surface area contributed by atoms with Crippen molar-refractivity contribution in [3.63, 3.8) is 0 Å². The maximum absolute atomic E-state index is 10.9. The van der Waals surface area contributed by atoms with Crippen molar-refractivity contribution >= 4 is 17.9 Å². The maximum atomic E-state index is 10.9. The lowest BCUT2D eigenvalue weighted by molar-refractivity contribution is 0.0983. The second-order valence-corrected chi connectivity index (χ2v) is 8.07. The number of carbonyl (C=O) groups is 1. The second-order valence-electron chi connectivity index (χ2n) is 7.01. The van der Waals surface area contributed by atoms with Crippen LogP contribution in [0.1, 0.15) is 45.4 Å². The molecule has 0 amide bonds. The van der Waals surface area contributed by atoms with E-state index in [4.69, 9.17) is 14.2 Å². The van der Waals surface area contributed by atoms with Crippen LogP contribution in [0.3, 0.4) is 0 Å². The Morgan fingerprint density at radius 3 is 2.45 bits per heavy atom. The molecule has 7 heteroatoms.